The van der Waals surface area contributed by atoms with E-state index in [9.17, 15) is 47.8 Å². The molecule has 55 heavy (non-hydrogen) atoms. The summed E-state index contributed by atoms with van der Waals surface area (Å²) in [5, 5.41) is 16.4. The van der Waals surface area contributed by atoms with Gasteiger partial charge >= 0.3 is 23.9 Å². The van der Waals surface area contributed by atoms with Crippen LogP contribution in [0.4, 0.5) is 4.79 Å². The topological polar surface area (TPSA) is 251 Å². The summed E-state index contributed by atoms with van der Waals surface area (Å²) in [7, 11) is -4.17. The van der Waals surface area contributed by atoms with E-state index >= 15 is 0 Å². The summed E-state index contributed by atoms with van der Waals surface area (Å²) in [6, 6.07) is 12.3. The molecule has 0 saturated carbocycles. The fourth-order valence-electron chi connectivity index (χ4n) is 8.17. The van der Waals surface area contributed by atoms with E-state index in [1.54, 1.807) is 62.4 Å². The minimum atomic E-state index is -4.17. The quantitative estimate of drug-likeness (QED) is 0.0659. The van der Waals surface area contributed by atoms with E-state index in [2.05, 4.69) is 20.7 Å². The van der Waals surface area contributed by atoms with Crippen molar-refractivity contribution in [2.45, 2.75) is 84.6 Å². The number of carbonyl (C=O) groups excluding carboxylic acids is 5. The zero-order valence-corrected chi connectivity index (χ0v) is 31.9. The van der Waals surface area contributed by atoms with Gasteiger partial charge in [0, 0.05) is 9.66 Å². The maximum atomic E-state index is 14.3. The van der Waals surface area contributed by atoms with Gasteiger partial charge in [-0.05, 0) is 44.4 Å². The number of thioether (sulfide) groups is 1. The number of fused-ring (bicyclic) bond motifs is 2. The number of esters is 1. The van der Waals surface area contributed by atoms with Gasteiger partial charge in [-0.15, -0.1) is 11.8 Å². The summed E-state index contributed by atoms with van der Waals surface area (Å²) in [6.07, 6.45) is -1.20. The number of ether oxygens (including phenoxy) is 2. The number of carboxylic acids is 1. The molecule has 4 aliphatic heterocycles. The van der Waals surface area contributed by atoms with Crippen LogP contribution in [-0.4, -0.2) is 116 Å². The lowest BCUT2D eigenvalue weighted by Crippen LogP contribution is -2.81. The van der Waals surface area contributed by atoms with Crippen molar-refractivity contribution in [3.8, 4) is 0 Å². The Labute approximate surface area is 320 Å². The molecule has 0 radical (unpaired) electrons. The molecule has 3 N–H and O–H groups in total. The second-order valence-electron chi connectivity index (χ2n) is 14.9. The molecule has 4 heterocycles. The number of carbonyl (C=O) groups is 6. The average Bonchev–Trinajstić information content (AvgIpc) is 3.47. The third kappa shape index (κ3) is 6.26. The molecule has 4 amide bonds. The number of alkyl carbamates (subject to hydrolysis) is 1. The standard InChI is InChI=1S/C35H39N7O11S2/c1-33(2)25(28(45)46)41-30(48)35(31(41)54-33,38-27(44)24(39-40-36)21-13-9-6-10-14-21)19-53-29(47)26-34(3,4)55(50,51)23-17-22(43)42(23,26)16-15-37-32(49)52-18-20-11-7-5-8-12-20/h5-14,23-26,31H,15-19H2,1-4H3,(H2-,37,38,44,45,46,49)/p+1/t23-,24?,25+,26+,31-,35?,42?/m1/s1. The first-order chi connectivity index (χ1) is 25.9. The molecule has 0 aliphatic carbocycles. The number of hydrogen-bond donors (Lipinski definition) is 3. The molecule has 0 bridgehead atoms. The summed E-state index contributed by atoms with van der Waals surface area (Å²) in [4.78, 5) is 84.5. The molecule has 20 heteroatoms. The molecule has 7 atom stereocenters. The number of sulfone groups is 1. The number of quaternary nitrogens is 1. The van der Waals surface area contributed by atoms with Crippen LogP contribution in [-0.2, 0) is 49.9 Å². The Kier molecular flexibility index (Phi) is 10.2. The van der Waals surface area contributed by atoms with E-state index < -0.39 is 101 Å². The van der Waals surface area contributed by atoms with E-state index in [0.717, 1.165) is 22.2 Å². The van der Waals surface area contributed by atoms with Gasteiger partial charge in [-0.1, -0.05) is 65.8 Å². The van der Waals surface area contributed by atoms with Crippen molar-refractivity contribution in [3.05, 3.63) is 82.2 Å². The number of carboxylic acid groups (broad SMARTS) is 1. The Morgan fingerprint density at radius 1 is 1.05 bits per heavy atom. The second kappa shape index (κ2) is 14.2. The number of amides is 4. The summed E-state index contributed by atoms with van der Waals surface area (Å²) >= 11 is 1.05. The highest BCUT2D eigenvalue weighted by Gasteiger charge is 2.81. The molecule has 2 aromatic rings. The highest BCUT2D eigenvalue weighted by atomic mass is 32.2. The van der Waals surface area contributed by atoms with Crippen LogP contribution in [0.2, 0.25) is 0 Å². The number of β-lactam (4-membered cyclic amide) rings is 2. The van der Waals surface area contributed by atoms with Crippen LogP contribution in [0.5, 0.6) is 0 Å². The predicted octanol–water partition coefficient (Wildman–Crippen LogP) is 2.16. The first kappa shape index (κ1) is 39.5. The molecule has 2 aromatic carbocycles. The predicted molar refractivity (Wildman–Crippen MR) is 194 cm³/mol. The van der Waals surface area contributed by atoms with Crippen molar-refractivity contribution < 1.29 is 56.2 Å². The third-order valence-electron chi connectivity index (χ3n) is 10.9. The van der Waals surface area contributed by atoms with Crippen LogP contribution >= 0.6 is 11.8 Å². The lowest BCUT2D eigenvalue weighted by atomic mass is 9.84. The first-order valence-corrected chi connectivity index (χ1v) is 19.7. The number of nitrogens with one attached hydrogen (secondary N) is 2. The maximum absolute atomic E-state index is 14.3. The largest absolute Gasteiger partial charge is 0.480 e. The van der Waals surface area contributed by atoms with E-state index in [1.165, 1.54) is 26.0 Å². The van der Waals surface area contributed by atoms with Gasteiger partial charge in [-0.25, -0.2) is 32.1 Å². The van der Waals surface area contributed by atoms with Crippen molar-refractivity contribution in [2.24, 2.45) is 5.11 Å². The Balaban J connectivity index is 1.27. The Bertz CT molecular complexity index is 2100. The zero-order chi connectivity index (χ0) is 40.1. The summed E-state index contributed by atoms with van der Waals surface area (Å²) in [5.41, 5.74) is 8.22. The lowest BCUT2D eigenvalue weighted by Gasteiger charge is -2.53. The third-order valence-corrected chi connectivity index (χ3v) is 15.6. The van der Waals surface area contributed by atoms with Crippen LogP contribution in [0.25, 0.3) is 10.4 Å². The minimum absolute atomic E-state index is 0.0440. The summed E-state index contributed by atoms with van der Waals surface area (Å²) in [6.45, 7) is 4.33. The molecule has 4 aliphatic rings. The normalized spacial score (nSPS) is 29.6. The van der Waals surface area contributed by atoms with E-state index in [-0.39, 0.29) is 31.7 Å². The average molecular weight is 799 g/mol. The fraction of sp³-hybridized carbons (Fsp3) is 0.486. The zero-order valence-electron chi connectivity index (χ0n) is 30.3. The van der Waals surface area contributed by atoms with Gasteiger partial charge in [0.15, 0.2) is 5.54 Å². The molecule has 6 rings (SSSR count). The maximum Gasteiger partial charge on any atom is 0.407 e. The summed E-state index contributed by atoms with van der Waals surface area (Å²) < 4.78 is 34.9. The molecular weight excluding hydrogens is 759 g/mol. The molecule has 18 nitrogen and oxygen atoms in total. The number of nitrogens with zero attached hydrogens (tertiary/aromatic N) is 5. The SMILES string of the molecule is CC1(C)S[C@H]2N(C(=O)C2(COC(=O)[C@H]2C(C)(C)S(=O)(=O)[C@@H]3CC(=O)[N+]32CCNC(=O)OCc2ccccc2)NC(=O)C(N=[N+]=[N-])c2ccccc2)[C@H]1C(=O)O. The van der Waals surface area contributed by atoms with Crippen molar-refractivity contribution in [3.63, 3.8) is 0 Å². The van der Waals surface area contributed by atoms with Gasteiger partial charge in [-0.2, -0.15) is 0 Å². The minimum Gasteiger partial charge on any atom is -0.480 e. The molecular formula is C35H40N7O11S2+. The van der Waals surface area contributed by atoms with Crippen molar-refractivity contribution in [1.82, 2.24) is 15.5 Å². The number of hydrogen-bond acceptors (Lipinski definition) is 12. The van der Waals surface area contributed by atoms with Crippen LogP contribution in [0.1, 0.15) is 51.3 Å². The highest BCUT2D eigenvalue weighted by Crippen LogP contribution is 2.56. The smallest absolute Gasteiger partial charge is 0.407 e. The Hall–Kier alpha value is -5.17. The second-order valence-corrected chi connectivity index (χ2v) is 19.3. The van der Waals surface area contributed by atoms with Gasteiger partial charge in [0.05, 0.1) is 6.54 Å². The number of azide groups is 1. The van der Waals surface area contributed by atoms with Gasteiger partial charge in [0.2, 0.25) is 27.2 Å². The molecule has 4 saturated heterocycles. The van der Waals surface area contributed by atoms with E-state index in [1.807, 2.05) is 0 Å². The molecule has 292 valence electrons. The van der Waals surface area contributed by atoms with Gasteiger partial charge in [0.1, 0.15) is 48.4 Å². The van der Waals surface area contributed by atoms with Crippen LogP contribution in [0.3, 0.4) is 0 Å². The highest BCUT2D eigenvalue weighted by molar-refractivity contribution is 8.01. The molecule has 0 spiro atoms. The molecule has 4 fully saturated rings. The van der Waals surface area contributed by atoms with Crippen molar-refractivity contribution >= 4 is 57.4 Å². The summed E-state index contributed by atoms with van der Waals surface area (Å²) in [5.74, 6) is -4.88. The molecule has 0 aromatic heterocycles. The van der Waals surface area contributed by atoms with Crippen molar-refractivity contribution in [2.75, 3.05) is 19.7 Å². The number of benzene rings is 2. The van der Waals surface area contributed by atoms with Crippen LogP contribution in [0.15, 0.2) is 65.8 Å². The Morgan fingerprint density at radius 3 is 2.29 bits per heavy atom. The lowest BCUT2D eigenvalue weighted by molar-refractivity contribution is -0.901. The van der Waals surface area contributed by atoms with Gasteiger partial charge in [-0.3, -0.25) is 9.59 Å². The van der Waals surface area contributed by atoms with Gasteiger partial charge in [0.25, 0.3) is 5.91 Å². The van der Waals surface area contributed by atoms with E-state index in [0.29, 0.717) is 0 Å². The first-order valence-electron chi connectivity index (χ1n) is 17.3. The van der Waals surface area contributed by atoms with Gasteiger partial charge < -0.3 is 30.1 Å². The van der Waals surface area contributed by atoms with Crippen LogP contribution < -0.4 is 10.6 Å². The molecule has 3 unspecified atom stereocenters. The number of aliphatic carboxylic acids is 1. The van der Waals surface area contributed by atoms with Crippen molar-refractivity contribution in [1.29, 1.82) is 0 Å². The monoisotopic (exact) mass is 798 g/mol. The van der Waals surface area contributed by atoms with Crippen LogP contribution in [0, 0.1) is 0 Å². The fourth-order valence-corrected chi connectivity index (χ4v) is 12.3. The Morgan fingerprint density at radius 2 is 1.69 bits per heavy atom. The van der Waals surface area contributed by atoms with E-state index in [4.69, 9.17) is 9.47 Å². The number of rotatable bonds is 13.